The monoisotopic (exact) mass is 274 g/mol. The molecule has 0 radical (unpaired) electrons. The Morgan fingerprint density at radius 3 is 2.55 bits per heavy atom. The standard InChI is InChI=1S/C16H26N4/c1-19-11-15(9-17-19)20-8-2-3-14(10-20)18-16(12-4-5-12)13-6-7-13/h9,11-14,16,18H,2-8,10H2,1H3. The van der Waals surface area contributed by atoms with Crippen LogP contribution >= 0.6 is 0 Å². The number of anilines is 1. The maximum absolute atomic E-state index is 4.31. The summed E-state index contributed by atoms with van der Waals surface area (Å²) in [4.78, 5) is 2.50. The molecule has 1 unspecified atom stereocenters. The molecule has 4 rings (SSSR count). The van der Waals surface area contributed by atoms with E-state index in [4.69, 9.17) is 0 Å². The van der Waals surface area contributed by atoms with E-state index >= 15 is 0 Å². The zero-order valence-corrected chi connectivity index (χ0v) is 12.5. The van der Waals surface area contributed by atoms with Gasteiger partial charge in [-0.15, -0.1) is 0 Å². The lowest BCUT2D eigenvalue weighted by Gasteiger charge is -2.36. The fourth-order valence-corrected chi connectivity index (χ4v) is 3.76. The van der Waals surface area contributed by atoms with Crippen LogP contribution in [0.15, 0.2) is 12.4 Å². The number of hydrogen-bond acceptors (Lipinski definition) is 3. The lowest BCUT2D eigenvalue weighted by molar-refractivity contribution is 0.328. The van der Waals surface area contributed by atoms with E-state index in [0.29, 0.717) is 6.04 Å². The number of aromatic nitrogens is 2. The van der Waals surface area contributed by atoms with Crippen LogP contribution in [0.5, 0.6) is 0 Å². The molecule has 1 N–H and O–H groups in total. The van der Waals surface area contributed by atoms with Crippen molar-refractivity contribution >= 4 is 5.69 Å². The third kappa shape index (κ3) is 2.71. The van der Waals surface area contributed by atoms with Gasteiger partial charge < -0.3 is 10.2 Å². The Labute approximate surface area is 121 Å². The van der Waals surface area contributed by atoms with Crippen molar-refractivity contribution in [3.8, 4) is 0 Å². The number of rotatable bonds is 5. The topological polar surface area (TPSA) is 33.1 Å². The molecule has 1 aromatic heterocycles. The molecule has 1 saturated heterocycles. The highest BCUT2D eigenvalue weighted by molar-refractivity contribution is 5.43. The van der Waals surface area contributed by atoms with Crippen molar-refractivity contribution in [2.75, 3.05) is 18.0 Å². The SMILES string of the molecule is Cn1cc(N2CCCC(NC(C3CC3)C3CC3)C2)cn1. The highest BCUT2D eigenvalue weighted by Gasteiger charge is 2.42. The van der Waals surface area contributed by atoms with Gasteiger partial charge in [0.2, 0.25) is 0 Å². The summed E-state index contributed by atoms with van der Waals surface area (Å²) >= 11 is 0. The molecular formula is C16H26N4. The van der Waals surface area contributed by atoms with Crippen LogP contribution in [-0.2, 0) is 7.05 Å². The molecule has 110 valence electrons. The lowest BCUT2D eigenvalue weighted by Crippen LogP contribution is -2.50. The third-order valence-corrected chi connectivity index (χ3v) is 5.17. The largest absolute Gasteiger partial charge is 0.367 e. The molecule has 4 nitrogen and oxygen atoms in total. The molecule has 1 aromatic rings. The Morgan fingerprint density at radius 1 is 1.20 bits per heavy atom. The van der Waals surface area contributed by atoms with E-state index in [9.17, 15) is 0 Å². The molecule has 2 saturated carbocycles. The molecule has 0 aromatic carbocycles. The Balaban J connectivity index is 1.38. The van der Waals surface area contributed by atoms with Crippen molar-refractivity contribution < 1.29 is 0 Å². The smallest absolute Gasteiger partial charge is 0.0752 e. The molecule has 1 aliphatic heterocycles. The van der Waals surface area contributed by atoms with E-state index in [0.717, 1.165) is 24.4 Å². The average molecular weight is 274 g/mol. The second-order valence-corrected chi connectivity index (χ2v) is 7.02. The first-order chi connectivity index (χ1) is 9.79. The molecule has 2 heterocycles. The number of hydrogen-bond donors (Lipinski definition) is 1. The van der Waals surface area contributed by atoms with E-state index in [-0.39, 0.29) is 0 Å². The first kappa shape index (κ1) is 12.7. The van der Waals surface area contributed by atoms with Gasteiger partial charge in [0.1, 0.15) is 0 Å². The van der Waals surface area contributed by atoms with Gasteiger partial charge in [0.05, 0.1) is 11.9 Å². The average Bonchev–Trinajstić information content (AvgIpc) is 3.36. The Morgan fingerprint density at radius 2 is 1.95 bits per heavy atom. The molecule has 4 heteroatoms. The third-order valence-electron chi connectivity index (χ3n) is 5.17. The van der Waals surface area contributed by atoms with Crippen LogP contribution in [0.1, 0.15) is 38.5 Å². The van der Waals surface area contributed by atoms with Gasteiger partial charge in [-0.3, -0.25) is 4.68 Å². The van der Waals surface area contributed by atoms with Gasteiger partial charge >= 0.3 is 0 Å². The molecule has 1 atom stereocenters. The van der Waals surface area contributed by atoms with Crippen molar-refractivity contribution in [2.24, 2.45) is 18.9 Å². The predicted octanol–water partition coefficient (Wildman–Crippen LogP) is 2.17. The number of nitrogens with zero attached hydrogens (tertiary/aromatic N) is 3. The molecule has 0 amide bonds. The van der Waals surface area contributed by atoms with Crippen molar-refractivity contribution in [2.45, 2.75) is 50.6 Å². The molecule has 0 spiro atoms. The molecule has 3 aliphatic rings. The van der Waals surface area contributed by atoms with Gasteiger partial charge in [-0.2, -0.15) is 5.10 Å². The van der Waals surface area contributed by atoms with Crippen LogP contribution in [-0.4, -0.2) is 35.0 Å². The molecule has 20 heavy (non-hydrogen) atoms. The van der Waals surface area contributed by atoms with E-state index in [1.165, 1.54) is 50.8 Å². The van der Waals surface area contributed by atoms with Crippen molar-refractivity contribution in [3.63, 3.8) is 0 Å². The Hall–Kier alpha value is -1.03. The van der Waals surface area contributed by atoms with Gasteiger partial charge in [0.15, 0.2) is 0 Å². The van der Waals surface area contributed by atoms with Crippen molar-refractivity contribution in [1.82, 2.24) is 15.1 Å². The maximum atomic E-state index is 4.31. The molecule has 2 aliphatic carbocycles. The van der Waals surface area contributed by atoms with Crippen LogP contribution in [0.4, 0.5) is 5.69 Å². The highest BCUT2D eigenvalue weighted by atomic mass is 15.3. The first-order valence-electron chi connectivity index (χ1n) is 8.29. The van der Waals surface area contributed by atoms with Crippen LogP contribution in [0.2, 0.25) is 0 Å². The summed E-state index contributed by atoms with van der Waals surface area (Å²) in [5.74, 6) is 1.99. The minimum Gasteiger partial charge on any atom is -0.367 e. The summed E-state index contributed by atoms with van der Waals surface area (Å²) in [5.41, 5.74) is 1.29. The number of piperidine rings is 1. The van der Waals surface area contributed by atoms with Gasteiger partial charge in [-0.25, -0.2) is 0 Å². The van der Waals surface area contributed by atoms with Gasteiger partial charge in [-0.1, -0.05) is 0 Å². The van der Waals surface area contributed by atoms with Crippen LogP contribution in [0.25, 0.3) is 0 Å². The fraction of sp³-hybridized carbons (Fsp3) is 0.812. The normalized spacial score (nSPS) is 27.3. The second-order valence-electron chi connectivity index (χ2n) is 7.02. The minimum atomic E-state index is 0.676. The predicted molar refractivity (Wildman–Crippen MR) is 80.8 cm³/mol. The Bertz CT molecular complexity index is 449. The second kappa shape index (κ2) is 5.06. The van der Waals surface area contributed by atoms with Crippen LogP contribution < -0.4 is 10.2 Å². The van der Waals surface area contributed by atoms with Crippen LogP contribution in [0.3, 0.4) is 0 Å². The van der Waals surface area contributed by atoms with Crippen LogP contribution in [0, 0.1) is 11.8 Å². The van der Waals surface area contributed by atoms with E-state index in [2.05, 4.69) is 21.5 Å². The zero-order valence-electron chi connectivity index (χ0n) is 12.5. The molecular weight excluding hydrogens is 248 g/mol. The summed E-state index contributed by atoms with van der Waals surface area (Å²) in [6.45, 7) is 2.34. The summed E-state index contributed by atoms with van der Waals surface area (Å²) in [5, 5.41) is 8.33. The summed E-state index contributed by atoms with van der Waals surface area (Å²) in [6, 6.07) is 1.50. The molecule has 3 fully saturated rings. The van der Waals surface area contributed by atoms with E-state index < -0.39 is 0 Å². The zero-order chi connectivity index (χ0) is 13.5. The maximum Gasteiger partial charge on any atom is 0.0752 e. The quantitative estimate of drug-likeness (QED) is 0.893. The van der Waals surface area contributed by atoms with E-state index in [1.54, 1.807) is 0 Å². The highest BCUT2D eigenvalue weighted by Crippen LogP contribution is 2.44. The van der Waals surface area contributed by atoms with Gasteiger partial charge in [-0.05, 0) is 50.4 Å². The molecule has 0 bridgehead atoms. The summed E-state index contributed by atoms with van der Waals surface area (Å²) in [6.07, 6.45) is 12.6. The first-order valence-corrected chi connectivity index (χ1v) is 8.29. The van der Waals surface area contributed by atoms with Gasteiger partial charge in [0, 0.05) is 38.4 Å². The number of aryl methyl sites for hydroxylation is 1. The summed E-state index contributed by atoms with van der Waals surface area (Å²) < 4.78 is 1.91. The lowest BCUT2D eigenvalue weighted by atomic mass is 10.0. The Kier molecular flexibility index (Phi) is 3.21. The fourth-order valence-electron chi connectivity index (χ4n) is 3.76. The van der Waals surface area contributed by atoms with Crippen molar-refractivity contribution in [1.29, 1.82) is 0 Å². The summed E-state index contributed by atoms with van der Waals surface area (Å²) in [7, 11) is 2.00. The minimum absolute atomic E-state index is 0.676. The number of nitrogens with one attached hydrogen (secondary N) is 1. The van der Waals surface area contributed by atoms with E-state index in [1.807, 2.05) is 17.9 Å². The van der Waals surface area contributed by atoms with Gasteiger partial charge in [0.25, 0.3) is 0 Å². The van der Waals surface area contributed by atoms with Crippen molar-refractivity contribution in [3.05, 3.63) is 12.4 Å².